The van der Waals surface area contributed by atoms with Crippen molar-refractivity contribution in [2.75, 3.05) is 17.7 Å². The Morgan fingerprint density at radius 1 is 0.784 bits per heavy atom. The Hall–Kier alpha value is -4.56. The Kier molecular flexibility index (Phi) is 8.22. The average Bonchev–Trinajstić information content (AvgIpc) is 2.92. The number of thioether (sulfide) groups is 1. The second kappa shape index (κ2) is 11.9. The van der Waals surface area contributed by atoms with Crippen molar-refractivity contribution in [3.05, 3.63) is 120 Å². The highest BCUT2D eigenvalue weighted by Crippen LogP contribution is 2.38. The van der Waals surface area contributed by atoms with Crippen LogP contribution in [-0.2, 0) is 4.79 Å². The van der Waals surface area contributed by atoms with Crippen molar-refractivity contribution in [1.82, 2.24) is 0 Å². The van der Waals surface area contributed by atoms with Crippen molar-refractivity contribution in [1.29, 1.82) is 0 Å². The Morgan fingerprint density at radius 2 is 1.46 bits per heavy atom. The lowest BCUT2D eigenvalue weighted by molar-refractivity contribution is -0.115. The van der Waals surface area contributed by atoms with Crippen LogP contribution in [-0.4, -0.2) is 30.0 Å². The van der Waals surface area contributed by atoms with Gasteiger partial charge in [0.25, 0.3) is 5.91 Å². The quantitative estimate of drug-likeness (QED) is 0.234. The smallest absolute Gasteiger partial charge is 0.336 e. The number of amides is 2. The molecule has 0 bridgehead atoms. The summed E-state index contributed by atoms with van der Waals surface area (Å²) >= 11 is 1.33. The number of carboxylic acids is 1. The van der Waals surface area contributed by atoms with Crippen molar-refractivity contribution in [2.45, 2.75) is 10.1 Å². The standard InChI is InChI=1S/C29H24N2O5S/c1-36-25-17-8-7-16-24(25)31-28(33)26(19-10-3-2-4-11-19)37-21-13-9-12-20(18-21)30-27(32)22-14-5-6-15-23(22)29(34)35/h2-18,26H,1H3,(H,30,32)(H,31,33)(H,34,35). The fourth-order valence-electron chi connectivity index (χ4n) is 3.70. The topological polar surface area (TPSA) is 105 Å². The number of methoxy groups -OCH3 is 1. The van der Waals surface area contributed by atoms with Gasteiger partial charge in [0.05, 0.1) is 23.9 Å². The number of para-hydroxylation sites is 2. The summed E-state index contributed by atoms with van der Waals surface area (Å²) in [5, 5.41) is 14.5. The molecule has 8 heteroatoms. The fourth-order valence-corrected chi connectivity index (χ4v) is 4.78. The SMILES string of the molecule is COc1ccccc1NC(=O)C(Sc1cccc(NC(=O)c2ccccc2C(=O)O)c1)c1ccccc1. The average molecular weight is 513 g/mol. The number of aromatic carboxylic acids is 1. The molecule has 0 aliphatic carbocycles. The molecule has 1 unspecified atom stereocenters. The number of rotatable bonds is 9. The maximum Gasteiger partial charge on any atom is 0.336 e. The van der Waals surface area contributed by atoms with E-state index in [4.69, 9.17) is 4.74 Å². The Balaban J connectivity index is 1.57. The monoisotopic (exact) mass is 512 g/mol. The molecular formula is C29H24N2O5S. The van der Waals surface area contributed by atoms with Crippen molar-refractivity contribution < 1.29 is 24.2 Å². The van der Waals surface area contributed by atoms with Crippen LogP contribution in [0.2, 0.25) is 0 Å². The van der Waals surface area contributed by atoms with E-state index in [2.05, 4.69) is 10.6 Å². The maximum absolute atomic E-state index is 13.4. The summed E-state index contributed by atoms with van der Waals surface area (Å²) in [4.78, 5) is 38.5. The normalized spacial score (nSPS) is 11.3. The van der Waals surface area contributed by atoms with E-state index in [1.54, 1.807) is 49.6 Å². The van der Waals surface area contributed by atoms with E-state index in [1.807, 2.05) is 48.5 Å². The van der Waals surface area contributed by atoms with E-state index in [-0.39, 0.29) is 17.0 Å². The van der Waals surface area contributed by atoms with Gasteiger partial charge in [-0.15, -0.1) is 11.8 Å². The van der Waals surface area contributed by atoms with Gasteiger partial charge >= 0.3 is 5.97 Å². The maximum atomic E-state index is 13.4. The van der Waals surface area contributed by atoms with Gasteiger partial charge in [0, 0.05) is 10.6 Å². The van der Waals surface area contributed by atoms with Gasteiger partial charge < -0.3 is 20.5 Å². The molecule has 4 aromatic rings. The van der Waals surface area contributed by atoms with Gasteiger partial charge in [0.1, 0.15) is 11.0 Å². The molecule has 3 N–H and O–H groups in total. The molecular weight excluding hydrogens is 488 g/mol. The number of hydrogen-bond acceptors (Lipinski definition) is 5. The first kappa shape index (κ1) is 25.5. The zero-order valence-corrected chi connectivity index (χ0v) is 20.7. The molecule has 0 aliphatic heterocycles. The zero-order chi connectivity index (χ0) is 26.2. The van der Waals surface area contributed by atoms with Crippen molar-refractivity contribution in [3.8, 4) is 5.75 Å². The van der Waals surface area contributed by atoms with Gasteiger partial charge in [0.15, 0.2) is 0 Å². The number of carboxylic acid groups (broad SMARTS) is 1. The molecule has 0 saturated heterocycles. The van der Waals surface area contributed by atoms with Gasteiger partial charge in [-0.05, 0) is 48.0 Å². The third-order valence-electron chi connectivity index (χ3n) is 5.45. The molecule has 4 aromatic carbocycles. The second-order valence-corrected chi connectivity index (χ2v) is 9.11. The minimum atomic E-state index is -1.18. The van der Waals surface area contributed by atoms with Crippen LogP contribution in [0.5, 0.6) is 5.75 Å². The summed E-state index contributed by atoms with van der Waals surface area (Å²) in [6.45, 7) is 0. The van der Waals surface area contributed by atoms with Crippen molar-refractivity contribution in [3.63, 3.8) is 0 Å². The van der Waals surface area contributed by atoms with E-state index in [0.717, 1.165) is 10.5 Å². The summed E-state index contributed by atoms with van der Waals surface area (Å²) < 4.78 is 5.36. The molecule has 0 spiro atoms. The molecule has 4 rings (SSSR count). The van der Waals surface area contributed by atoms with Crippen LogP contribution in [0.1, 0.15) is 31.5 Å². The molecule has 0 aromatic heterocycles. The number of nitrogens with one attached hydrogen (secondary N) is 2. The highest BCUT2D eigenvalue weighted by atomic mass is 32.2. The zero-order valence-electron chi connectivity index (χ0n) is 19.9. The first-order chi connectivity index (χ1) is 18.0. The molecule has 0 fully saturated rings. The van der Waals surface area contributed by atoms with E-state index in [9.17, 15) is 19.5 Å². The lowest BCUT2D eigenvalue weighted by Crippen LogP contribution is -2.19. The molecule has 186 valence electrons. The number of anilines is 2. The molecule has 0 heterocycles. The Morgan fingerprint density at radius 3 is 2.19 bits per heavy atom. The molecule has 1 atom stereocenters. The van der Waals surface area contributed by atoms with Gasteiger partial charge in [-0.2, -0.15) is 0 Å². The highest BCUT2D eigenvalue weighted by molar-refractivity contribution is 8.00. The van der Waals surface area contributed by atoms with Crippen LogP contribution in [0.25, 0.3) is 0 Å². The Labute approximate surface area is 218 Å². The van der Waals surface area contributed by atoms with E-state index in [0.29, 0.717) is 17.1 Å². The molecule has 0 saturated carbocycles. The summed E-state index contributed by atoms with van der Waals surface area (Å²) in [6, 6.07) is 29.7. The van der Waals surface area contributed by atoms with Crippen molar-refractivity contribution >= 4 is 40.9 Å². The third kappa shape index (κ3) is 6.36. The van der Waals surface area contributed by atoms with Crippen LogP contribution in [0.4, 0.5) is 11.4 Å². The van der Waals surface area contributed by atoms with Gasteiger partial charge in [-0.25, -0.2) is 4.79 Å². The van der Waals surface area contributed by atoms with E-state index >= 15 is 0 Å². The van der Waals surface area contributed by atoms with E-state index in [1.165, 1.54) is 23.9 Å². The summed E-state index contributed by atoms with van der Waals surface area (Å²) in [5.41, 5.74) is 1.83. The summed E-state index contributed by atoms with van der Waals surface area (Å²) in [6.07, 6.45) is 0. The molecule has 0 aliphatic rings. The molecule has 7 nitrogen and oxygen atoms in total. The lowest BCUT2D eigenvalue weighted by atomic mass is 10.1. The first-order valence-corrected chi connectivity index (χ1v) is 12.2. The number of benzene rings is 4. The first-order valence-electron chi connectivity index (χ1n) is 11.4. The largest absolute Gasteiger partial charge is 0.495 e. The van der Waals surface area contributed by atoms with Crippen LogP contribution in [0.15, 0.2) is 108 Å². The van der Waals surface area contributed by atoms with Crippen LogP contribution < -0.4 is 15.4 Å². The minimum absolute atomic E-state index is 0.0615. The third-order valence-corrected chi connectivity index (χ3v) is 6.70. The van der Waals surface area contributed by atoms with Gasteiger partial charge in [-0.3, -0.25) is 9.59 Å². The minimum Gasteiger partial charge on any atom is -0.495 e. The van der Waals surface area contributed by atoms with Crippen LogP contribution >= 0.6 is 11.8 Å². The second-order valence-electron chi connectivity index (χ2n) is 7.93. The predicted molar refractivity (Wildman–Crippen MR) is 144 cm³/mol. The summed E-state index contributed by atoms with van der Waals surface area (Å²) in [5.74, 6) is -1.39. The van der Waals surface area contributed by atoms with Crippen LogP contribution in [0, 0.1) is 0 Å². The number of hydrogen-bond donors (Lipinski definition) is 3. The van der Waals surface area contributed by atoms with Gasteiger partial charge in [0.2, 0.25) is 5.91 Å². The molecule has 2 amide bonds. The summed E-state index contributed by atoms with van der Waals surface area (Å²) in [7, 11) is 1.54. The van der Waals surface area contributed by atoms with E-state index < -0.39 is 17.1 Å². The Bertz CT molecular complexity index is 1420. The number of carbonyl (C=O) groups is 3. The van der Waals surface area contributed by atoms with Crippen molar-refractivity contribution in [2.24, 2.45) is 0 Å². The highest BCUT2D eigenvalue weighted by Gasteiger charge is 2.23. The van der Waals surface area contributed by atoms with Gasteiger partial charge in [-0.1, -0.05) is 60.7 Å². The lowest BCUT2D eigenvalue weighted by Gasteiger charge is -2.18. The fraction of sp³-hybridized carbons (Fsp3) is 0.0690. The molecule has 37 heavy (non-hydrogen) atoms. The predicted octanol–water partition coefficient (Wildman–Crippen LogP) is 6.12. The number of carbonyl (C=O) groups excluding carboxylic acids is 2. The molecule has 0 radical (unpaired) electrons. The van der Waals surface area contributed by atoms with Crippen LogP contribution in [0.3, 0.4) is 0 Å². The number of ether oxygens (including phenoxy) is 1.